The van der Waals surface area contributed by atoms with Gasteiger partial charge in [-0.2, -0.15) is 0 Å². The van der Waals surface area contributed by atoms with Crippen LogP contribution < -0.4 is 5.32 Å². The summed E-state index contributed by atoms with van der Waals surface area (Å²) >= 11 is 0. The van der Waals surface area contributed by atoms with E-state index in [1.807, 2.05) is 19.9 Å². The number of nitrogens with zero attached hydrogens (tertiary/aromatic N) is 2. The van der Waals surface area contributed by atoms with Gasteiger partial charge in [-0.1, -0.05) is 13.8 Å². The van der Waals surface area contributed by atoms with Crippen LogP contribution >= 0.6 is 0 Å². The third-order valence-electron chi connectivity index (χ3n) is 2.35. The van der Waals surface area contributed by atoms with E-state index in [1.165, 1.54) is 6.33 Å². The summed E-state index contributed by atoms with van der Waals surface area (Å²) in [6.45, 7) is 3.96. The minimum atomic E-state index is -0.802. The molecule has 5 nitrogen and oxygen atoms in total. The second kappa shape index (κ2) is 6.05. The standard InChI is InChI=1S/C11H17N3O2/c1-3-8-5-10(13-7-12-8)14-9(4-2)6-11(15)16/h5,7,9H,3-4,6H2,1-2H3,(H,15,16)(H,12,13,14). The number of hydrogen-bond donors (Lipinski definition) is 2. The largest absolute Gasteiger partial charge is 0.481 e. The van der Waals surface area contributed by atoms with Crippen molar-refractivity contribution in [2.24, 2.45) is 0 Å². The fourth-order valence-electron chi connectivity index (χ4n) is 1.39. The van der Waals surface area contributed by atoms with Gasteiger partial charge in [0.05, 0.1) is 6.42 Å². The minimum Gasteiger partial charge on any atom is -0.481 e. The first-order valence-electron chi connectivity index (χ1n) is 5.45. The summed E-state index contributed by atoms with van der Waals surface area (Å²) in [6.07, 6.45) is 3.18. The molecule has 5 heteroatoms. The molecule has 0 bridgehead atoms. The van der Waals surface area contributed by atoms with Crippen LogP contribution in [0.15, 0.2) is 12.4 Å². The lowest BCUT2D eigenvalue weighted by Crippen LogP contribution is -2.22. The van der Waals surface area contributed by atoms with Crippen LogP contribution in [0.25, 0.3) is 0 Å². The molecule has 0 aromatic carbocycles. The third kappa shape index (κ3) is 3.84. The Kier molecular flexibility index (Phi) is 4.69. The molecule has 0 aliphatic rings. The van der Waals surface area contributed by atoms with Crippen molar-refractivity contribution in [2.45, 2.75) is 39.2 Å². The molecule has 1 aromatic rings. The fraction of sp³-hybridized carbons (Fsp3) is 0.545. The predicted octanol–water partition coefficient (Wildman–Crippen LogP) is 1.70. The third-order valence-corrected chi connectivity index (χ3v) is 2.35. The SMILES string of the molecule is CCc1cc(NC(CC)CC(=O)O)ncn1. The van der Waals surface area contributed by atoms with E-state index < -0.39 is 5.97 Å². The predicted molar refractivity (Wildman–Crippen MR) is 61.4 cm³/mol. The second-order valence-corrected chi connectivity index (χ2v) is 3.60. The van der Waals surface area contributed by atoms with Gasteiger partial charge in [0.25, 0.3) is 0 Å². The number of aliphatic carboxylic acids is 1. The van der Waals surface area contributed by atoms with Crippen molar-refractivity contribution in [1.29, 1.82) is 0 Å². The highest BCUT2D eigenvalue weighted by Crippen LogP contribution is 2.09. The summed E-state index contributed by atoms with van der Waals surface area (Å²) < 4.78 is 0. The number of anilines is 1. The molecule has 2 N–H and O–H groups in total. The van der Waals surface area contributed by atoms with Crippen molar-refractivity contribution in [3.05, 3.63) is 18.1 Å². The Balaban J connectivity index is 2.65. The van der Waals surface area contributed by atoms with E-state index in [1.54, 1.807) is 0 Å². The van der Waals surface area contributed by atoms with Gasteiger partial charge >= 0.3 is 5.97 Å². The van der Waals surface area contributed by atoms with Crippen molar-refractivity contribution in [1.82, 2.24) is 9.97 Å². The molecule has 0 saturated carbocycles. The van der Waals surface area contributed by atoms with Crippen LogP contribution in [0.1, 0.15) is 32.4 Å². The Bertz CT molecular complexity index is 355. The highest BCUT2D eigenvalue weighted by Gasteiger charge is 2.11. The Morgan fingerprint density at radius 1 is 1.50 bits per heavy atom. The number of carbonyl (C=O) groups is 1. The van der Waals surface area contributed by atoms with E-state index >= 15 is 0 Å². The summed E-state index contributed by atoms with van der Waals surface area (Å²) in [7, 11) is 0. The van der Waals surface area contributed by atoms with Crippen LogP contribution in [0.2, 0.25) is 0 Å². The summed E-state index contributed by atoms with van der Waals surface area (Å²) in [4.78, 5) is 18.8. The molecule has 1 atom stereocenters. The Morgan fingerprint density at radius 2 is 2.25 bits per heavy atom. The van der Waals surface area contributed by atoms with Crippen LogP contribution in [0.5, 0.6) is 0 Å². The molecule has 0 aliphatic carbocycles. The molecule has 0 radical (unpaired) electrons. The van der Waals surface area contributed by atoms with Gasteiger partial charge in [0.2, 0.25) is 0 Å². The summed E-state index contributed by atoms with van der Waals surface area (Å²) in [5.74, 6) is -0.107. The van der Waals surface area contributed by atoms with Gasteiger partial charge in [-0.25, -0.2) is 9.97 Å². The zero-order chi connectivity index (χ0) is 12.0. The van der Waals surface area contributed by atoms with Crippen LogP contribution in [0.3, 0.4) is 0 Å². The van der Waals surface area contributed by atoms with Crippen LogP contribution in [0.4, 0.5) is 5.82 Å². The number of aromatic nitrogens is 2. The molecule has 0 fully saturated rings. The smallest absolute Gasteiger partial charge is 0.305 e. The monoisotopic (exact) mass is 223 g/mol. The van der Waals surface area contributed by atoms with Crippen molar-refractivity contribution >= 4 is 11.8 Å². The van der Waals surface area contributed by atoms with Crippen LogP contribution in [0, 0.1) is 0 Å². The number of aryl methyl sites for hydroxylation is 1. The van der Waals surface area contributed by atoms with Crippen LogP contribution in [-0.4, -0.2) is 27.1 Å². The molecule has 1 aromatic heterocycles. The highest BCUT2D eigenvalue weighted by atomic mass is 16.4. The first kappa shape index (κ1) is 12.4. The van der Waals surface area contributed by atoms with Crippen LogP contribution in [-0.2, 0) is 11.2 Å². The van der Waals surface area contributed by atoms with E-state index in [0.29, 0.717) is 5.82 Å². The number of rotatable bonds is 6. The molecule has 0 saturated heterocycles. The highest BCUT2D eigenvalue weighted by molar-refractivity contribution is 5.68. The lowest BCUT2D eigenvalue weighted by atomic mass is 10.1. The number of carboxylic acids is 1. The molecule has 88 valence electrons. The molecule has 0 amide bonds. The van der Waals surface area contributed by atoms with Gasteiger partial charge in [0, 0.05) is 17.8 Å². The average Bonchev–Trinajstić information content (AvgIpc) is 2.28. The van der Waals surface area contributed by atoms with E-state index in [9.17, 15) is 4.79 Å². The maximum absolute atomic E-state index is 10.6. The van der Waals surface area contributed by atoms with E-state index in [-0.39, 0.29) is 12.5 Å². The summed E-state index contributed by atoms with van der Waals surface area (Å²) in [5, 5.41) is 11.8. The fourth-order valence-corrected chi connectivity index (χ4v) is 1.39. The van der Waals surface area contributed by atoms with Gasteiger partial charge in [-0.3, -0.25) is 4.79 Å². The van der Waals surface area contributed by atoms with Gasteiger partial charge in [-0.15, -0.1) is 0 Å². The maximum atomic E-state index is 10.6. The normalized spacial score (nSPS) is 12.1. The van der Waals surface area contributed by atoms with E-state index in [4.69, 9.17) is 5.11 Å². The zero-order valence-electron chi connectivity index (χ0n) is 9.60. The number of nitrogens with one attached hydrogen (secondary N) is 1. The molecule has 1 unspecified atom stereocenters. The Hall–Kier alpha value is -1.65. The van der Waals surface area contributed by atoms with Gasteiger partial charge < -0.3 is 10.4 Å². The first-order valence-corrected chi connectivity index (χ1v) is 5.45. The van der Waals surface area contributed by atoms with Crippen molar-refractivity contribution in [3.63, 3.8) is 0 Å². The van der Waals surface area contributed by atoms with Crippen molar-refractivity contribution < 1.29 is 9.90 Å². The Labute approximate surface area is 94.9 Å². The van der Waals surface area contributed by atoms with E-state index in [2.05, 4.69) is 15.3 Å². The molecular weight excluding hydrogens is 206 g/mol. The maximum Gasteiger partial charge on any atom is 0.305 e. The molecule has 0 aliphatic heterocycles. The average molecular weight is 223 g/mol. The lowest BCUT2D eigenvalue weighted by Gasteiger charge is -2.15. The molecule has 1 rings (SSSR count). The lowest BCUT2D eigenvalue weighted by molar-refractivity contribution is -0.137. The van der Waals surface area contributed by atoms with Crippen molar-refractivity contribution in [2.75, 3.05) is 5.32 Å². The summed E-state index contributed by atoms with van der Waals surface area (Å²) in [6, 6.07) is 1.77. The molecular formula is C11H17N3O2. The number of hydrogen-bond acceptors (Lipinski definition) is 4. The number of carboxylic acid groups (broad SMARTS) is 1. The quantitative estimate of drug-likeness (QED) is 0.767. The van der Waals surface area contributed by atoms with Gasteiger partial charge in [0.15, 0.2) is 0 Å². The van der Waals surface area contributed by atoms with E-state index in [0.717, 1.165) is 18.5 Å². The minimum absolute atomic E-state index is 0.0860. The molecule has 1 heterocycles. The summed E-state index contributed by atoms with van der Waals surface area (Å²) in [5.41, 5.74) is 0.947. The first-order chi connectivity index (χ1) is 7.65. The topological polar surface area (TPSA) is 75.1 Å². The molecule has 16 heavy (non-hydrogen) atoms. The van der Waals surface area contributed by atoms with Gasteiger partial charge in [-0.05, 0) is 12.8 Å². The van der Waals surface area contributed by atoms with Gasteiger partial charge in [0.1, 0.15) is 12.1 Å². The molecule has 0 spiro atoms. The Morgan fingerprint density at radius 3 is 2.81 bits per heavy atom. The zero-order valence-corrected chi connectivity index (χ0v) is 9.60. The second-order valence-electron chi connectivity index (χ2n) is 3.60. The van der Waals surface area contributed by atoms with Crippen molar-refractivity contribution in [3.8, 4) is 0 Å².